The smallest absolute Gasteiger partial charge is 0.276 e. The fourth-order valence-electron chi connectivity index (χ4n) is 1.25. The molecule has 0 aliphatic carbocycles. The van der Waals surface area contributed by atoms with E-state index in [2.05, 4.69) is 9.97 Å². The normalized spacial score (nSPS) is 10.3. The lowest BCUT2D eigenvalue weighted by atomic mass is 10.3. The van der Waals surface area contributed by atoms with Gasteiger partial charge in [-0.05, 0) is 12.1 Å². The molecule has 0 fully saturated rings. The Balaban J connectivity index is 2.66. The van der Waals surface area contributed by atoms with E-state index >= 15 is 0 Å². The number of hydrogen-bond acceptors (Lipinski definition) is 4. The second-order valence-electron chi connectivity index (χ2n) is 2.88. The molecule has 0 unspecified atom stereocenters. The molecule has 0 bridgehead atoms. The van der Waals surface area contributed by atoms with Crippen molar-refractivity contribution in [1.82, 2.24) is 9.97 Å². The largest absolute Gasteiger partial charge is 0.497 e. The van der Waals surface area contributed by atoms with Crippen molar-refractivity contribution in [3.05, 3.63) is 24.1 Å². The SMILES string of the molecule is COc1ccc2nc(F)c(OC)nc2c1. The van der Waals surface area contributed by atoms with Crippen LogP contribution in [-0.2, 0) is 0 Å². The van der Waals surface area contributed by atoms with Crippen LogP contribution in [0.2, 0.25) is 0 Å². The summed E-state index contributed by atoms with van der Waals surface area (Å²) in [5.74, 6) is -0.184. The summed E-state index contributed by atoms with van der Waals surface area (Å²) in [5, 5.41) is 0. The molecule has 0 amide bonds. The minimum absolute atomic E-state index is 0.115. The zero-order chi connectivity index (χ0) is 10.8. The Morgan fingerprint density at radius 2 is 1.87 bits per heavy atom. The molecule has 2 aromatic rings. The Kier molecular flexibility index (Phi) is 2.37. The predicted molar refractivity (Wildman–Crippen MR) is 52.6 cm³/mol. The second kappa shape index (κ2) is 3.68. The summed E-state index contributed by atoms with van der Waals surface area (Å²) in [4.78, 5) is 7.67. The third kappa shape index (κ3) is 1.68. The molecule has 0 radical (unpaired) electrons. The van der Waals surface area contributed by atoms with E-state index in [1.165, 1.54) is 7.11 Å². The maximum atomic E-state index is 13.2. The number of hydrogen-bond donors (Lipinski definition) is 0. The van der Waals surface area contributed by atoms with Gasteiger partial charge in [-0.1, -0.05) is 0 Å². The number of rotatable bonds is 2. The number of nitrogens with zero attached hydrogens (tertiary/aromatic N) is 2. The topological polar surface area (TPSA) is 44.2 Å². The second-order valence-corrected chi connectivity index (χ2v) is 2.88. The van der Waals surface area contributed by atoms with Crippen LogP contribution in [0.3, 0.4) is 0 Å². The average Bonchev–Trinajstić information content (AvgIpc) is 2.27. The van der Waals surface area contributed by atoms with Crippen LogP contribution >= 0.6 is 0 Å². The van der Waals surface area contributed by atoms with Crippen LogP contribution in [-0.4, -0.2) is 24.2 Å². The van der Waals surface area contributed by atoms with Gasteiger partial charge in [0.1, 0.15) is 5.75 Å². The van der Waals surface area contributed by atoms with E-state index in [1.54, 1.807) is 25.3 Å². The Bertz CT molecular complexity index is 502. The minimum atomic E-state index is -0.713. The molecular formula is C10H9FN2O2. The van der Waals surface area contributed by atoms with Gasteiger partial charge in [-0.25, -0.2) is 9.97 Å². The molecule has 0 aliphatic rings. The molecule has 5 heteroatoms. The summed E-state index contributed by atoms with van der Waals surface area (Å²) >= 11 is 0. The molecule has 2 rings (SSSR count). The molecule has 0 saturated carbocycles. The summed E-state index contributed by atoms with van der Waals surface area (Å²) in [7, 11) is 2.90. The highest BCUT2D eigenvalue weighted by Crippen LogP contribution is 2.21. The molecule has 0 atom stereocenters. The molecule has 4 nitrogen and oxygen atoms in total. The first-order valence-corrected chi connectivity index (χ1v) is 4.30. The molecule has 1 aromatic heterocycles. The fraction of sp³-hybridized carbons (Fsp3) is 0.200. The van der Waals surface area contributed by atoms with Gasteiger partial charge in [0, 0.05) is 6.07 Å². The molecule has 78 valence electrons. The highest BCUT2D eigenvalue weighted by molar-refractivity contribution is 5.76. The Morgan fingerprint density at radius 1 is 1.07 bits per heavy atom. The third-order valence-corrected chi connectivity index (χ3v) is 1.99. The van der Waals surface area contributed by atoms with Crippen LogP contribution in [0.4, 0.5) is 4.39 Å². The van der Waals surface area contributed by atoms with Crippen molar-refractivity contribution in [3.63, 3.8) is 0 Å². The molecule has 0 aliphatic heterocycles. The zero-order valence-electron chi connectivity index (χ0n) is 8.32. The maximum Gasteiger partial charge on any atom is 0.276 e. The van der Waals surface area contributed by atoms with Gasteiger partial charge >= 0.3 is 0 Å². The van der Waals surface area contributed by atoms with Gasteiger partial charge in [-0.15, -0.1) is 0 Å². The van der Waals surface area contributed by atoms with Crippen molar-refractivity contribution in [2.45, 2.75) is 0 Å². The number of aromatic nitrogens is 2. The van der Waals surface area contributed by atoms with E-state index in [0.717, 1.165) is 0 Å². The van der Waals surface area contributed by atoms with Crippen LogP contribution in [0.5, 0.6) is 11.6 Å². The summed E-state index contributed by atoms with van der Waals surface area (Å²) < 4.78 is 22.9. The van der Waals surface area contributed by atoms with Crippen LogP contribution in [0.1, 0.15) is 0 Å². The Hall–Kier alpha value is -1.91. The van der Waals surface area contributed by atoms with Crippen molar-refractivity contribution in [3.8, 4) is 11.6 Å². The van der Waals surface area contributed by atoms with Gasteiger partial charge in [-0.3, -0.25) is 0 Å². The van der Waals surface area contributed by atoms with E-state index in [0.29, 0.717) is 16.8 Å². The van der Waals surface area contributed by atoms with Crippen LogP contribution in [0.15, 0.2) is 18.2 Å². The predicted octanol–water partition coefficient (Wildman–Crippen LogP) is 1.79. The molecule has 0 N–H and O–H groups in total. The van der Waals surface area contributed by atoms with Gasteiger partial charge < -0.3 is 9.47 Å². The van der Waals surface area contributed by atoms with Gasteiger partial charge in [0.15, 0.2) is 0 Å². The van der Waals surface area contributed by atoms with Gasteiger partial charge in [-0.2, -0.15) is 4.39 Å². The van der Waals surface area contributed by atoms with Crippen molar-refractivity contribution >= 4 is 11.0 Å². The summed E-state index contributed by atoms with van der Waals surface area (Å²) in [6, 6.07) is 5.01. The molecule has 1 aromatic carbocycles. The molecule has 0 saturated heterocycles. The first-order valence-electron chi connectivity index (χ1n) is 4.30. The lowest BCUT2D eigenvalue weighted by Crippen LogP contribution is -1.96. The molecular weight excluding hydrogens is 199 g/mol. The number of methoxy groups -OCH3 is 2. The lowest BCUT2D eigenvalue weighted by molar-refractivity contribution is 0.363. The zero-order valence-corrected chi connectivity index (χ0v) is 8.32. The highest BCUT2D eigenvalue weighted by atomic mass is 19.1. The van der Waals surface area contributed by atoms with Crippen molar-refractivity contribution < 1.29 is 13.9 Å². The Labute approximate surface area is 85.7 Å². The third-order valence-electron chi connectivity index (χ3n) is 1.99. The summed E-state index contributed by atoms with van der Waals surface area (Å²) in [6.07, 6.45) is 0. The lowest BCUT2D eigenvalue weighted by Gasteiger charge is -2.04. The monoisotopic (exact) mass is 208 g/mol. The van der Waals surface area contributed by atoms with Gasteiger partial charge in [0.25, 0.3) is 11.8 Å². The maximum absolute atomic E-state index is 13.2. The van der Waals surface area contributed by atoms with Crippen molar-refractivity contribution in [2.75, 3.05) is 14.2 Å². The van der Waals surface area contributed by atoms with Gasteiger partial charge in [0.2, 0.25) is 0 Å². The average molecular weight is 208 g/mol. The van der Waals surface area contributed by atoms with Crippen LogP contribution < -0.4 is 9.47 Å². The quantitative estimate of drug-likeness (QED) is 0.754. The fourth-order valence-corrected chi connectivity index (χ4v) is 1.25. The summed E-state index contributed by atoms with van der Waals surface area (Å²) in [6.45, 7) is 0. The van der Waals surface area contributed by atoms with E-state index in [9.17, 15) is 4.39 Å². The van der Waals surface area contributed by atoms with Crippen LogP contribution in [0, 0.1) is 5.95 Å². The number of fused-ring (bicyclic) bond motifs is 1. The first-order chi connectivity index (χ1) is 7.24. The number of halogens is 1. The van der Waals surface area contributed by atoms with E-state index in [4.69, 9.17) is 9.47 Å². The molecule has 1 heterocycles. The number of benzene rings is 1. The van der Waals surface area contributed by atoms with E-state index in [-0.39, 0.29) is 5.88 Å². The minimum Gasteiger partial charge on any atom is -0.497 e. The van der Waals surface area contributed by atoms with Gasteiger partial charge in [0.05, 0.1) is 25.3 Å². The number of ether oxygens (including phenoxy) is 2. The van der Waals surface area contributed by atoms with Crippen LogP contribution in [0.25, 0.3) is 11.0 Å². The van der Waals surface area contributed by atoms with E-state index < -0.39 is 5.95 Å². The molecule has 15 heavy (non-hydrogen) atoms. The Morgan fingerprint density at radius 3 is 2.53 bits per heavy atom. The standard InChI is InChI=1S/C10H9FN2O2/c1-14-6-3-4-7-8(5-6)13-10(15-2)9(11)12-7/h3-5H,1-2H3. The van der Waals surface area contributed by atoms with Crippen molar-refractivity contribution in [1.29, 1.82) is 0 Å². The first kappa shape index (κ1) is 9.64. The highest BCUT2D eigenvalue weighted by Gasteiger charge is 2.08. The summed E-state index contributed by atoms with van der Waals surface area (Å²) in [5.41, 5.74) is 1.00. The van der Waals surface area contributed by atoms with Crippen molar-refractivity contribution in [2.24, 2.45) is 0 Å². The van der Waals surface area contributed by atoms with E-state index in [1.807, 2.05) is 0 Å². The molecule has 0 spiro atoms.